The van der Waals surface area contributed by atoms with Crippen LogP contribution >= 0.6 is 0 Å². The SMILES string of the molecule is CCCS(=O)(=O)N(C)Cc1ccc(C(=O)NC)cc1. The molecule has 1 aromatic rings. The highest BCUT2D eigenvalue weighted by atomic mass is 32.2. The molecule has 0 heterocycles. The lowest BCUT2D eigenvalue weighted by Gasteiger charge is -2.16. The van der Waals surface area contributed by atoms with Crippen LogP contribution in [0.4, 0.5) is 0 Å². The number of hydrogen-bond donors (Lipinski definition) is 1. The van der Waals surface area contributed by atoms with Crippen LogP contribution in [0.3, 0.4) is 0 Å². The summed E-state index contributed by atoms with van der Waals surface area (Å²) in [6.07, 6.45) is 0.599. The Morgan fingerprint density at radius 2 is 1.84 bits per heavy atom. The van der Waals surface area contributed by atoms with Crippen molar-refractivity contribution in [1.29, 1.82) is 0 Å². The molecule has 1 rings (SSSR count). The summed E-state index contributed by atoms with van der Waals surface area (Å²) < 4.78 is 25.0. The zero-order chi connectivity index (χ0) is 14.5. The van der Waals surface area contributed by atoms with Crippen molar-refractivity contribution in [1.82, 2.24) is 9.62 Å². The van der Waals surface area contributed by atoms with Crippen LogP contribution in [-0.2, 0) is 16.6 Å². The monoisotopic (exact) mass is 284 g/mol. The van der Waals surface area contributed by atoms with Crippen LogP contribution in [0.15, 0.2) is 24.3 Å². The van der Waals surface area contributed by atoms with Crippen LogP contribution in [0.1, 0.15) is 29.3 Å². The number of nitrogens with zero attached hydrogens (tertiary/aromatic N) is 1. The molecule has 6 heteroatoms. The number of hydrogen-bond acceptors (Lipinski definition) is 3. The van der Waals surface area contributed by atoms with Gasteiger partial charge in [-0.3, -0.25) is 4.79 Å². The van der Waals surface area contributed by atoms with E-state index in [0.717, 1.165) is 5.56 Å². The Kier molecular flexibility index (Phi) is 5.50. The number of amides is 1. The molecule has 0 unspecified atom stereocenters. The minimum atomic E-state index is -3.19. The number of sulfonamides is 1. The highest BCUT2D eigenvalue weighted by Gasteiger charge is 2.16. The van der Waals surface area contributed by atoms with Crippen molar-refractivity contribution in [2.75, 3.05) is 19.8 Å². The lowest BCUT2D eigenvalue weighted by atomic mass is 10.1. The van der Waals surface area contributed by atoms with Crippen LogP contribution in [0.25, 0.3) is 0 Å². The number of nitrogens with one attached hydrogen (secondary N) is 1. The van der Waals surface area contributed by atoms with Gasteiger partial charge in [-0.2, -0.15) is 0 Å². The van der Waals surface area contributed by atoms with Gasteiger partial charge in [-0.25, -0.2) is 12.7 Å². The van der Waals surface area contributed by atoms with Gasteiger partial charge in [0, 0.05) is 26.2 Å². The molecule has 0 fully saturated rings. The molecular formula is C13H20N2O3S. The molecule has 0 bridgehead atoms. The van der Waals surface area contributed by atoms with Crippen molar-refractivity contribution < 1.29 is 13.2 Å². The molecule has 106 valence electrons. The largest absolute Gasteiger partial charge is 0.355 e. The average molecular weight is 284 g/mol. The summed E-state index contributed by atoms with van der Waals surface area (Å²) in [5, 5.41) is 2.54. The summed E-state index contributed by atoms with van der Waals surface area (Å²) in [6.45, 7) is 2.15. The van der Waals surface area contributed by atoms with Crippen LogP contribution in [-0.4, -0.2) is 38.5 Å². The second kappa shape index (κ2) is 6.68. The van der Waals surface area contributed by atoms with E-state index in [-0.39, 0.29) is 11.7 Å². The highest BCUT2D eigenvalue weighted by Crippen LogP contribution is 2.10. The third-order valence-electron chi connectivity index (χ3n) is 2.79. The van der Waals surface area contributed by atoms with Gasteiger partial charge in [0.05, 0.1) is 5.75 Å². The lowest BCUT2D eigenvalue weighted by molar-refractivity contribution is 0.0963. The molecule has 0 spiro atoms. The van der Waals surface area contributed by atoms with Gasteiger partial charge in [0.2, 0.25) is 10.0 Å². The van der Waals surface area contributed by atoms with E-state index in [4.69, 9.17) is 0 Å². The summed E-state index contributed by atoms with van der Waals surface area (Å²) in [5.41, 5.74) is 1.42. The third-order valence-corrected chi connectivity index (χ3v) is 4.79. The van der Waals surface area contributed by atoms with Gasteiger partial charge in [0.25, 0.3) is 5.91 Å². The first-order valence-corrected chi connectivity index (χ1v) is 7.76. The molecule has 0 atom stereocenters. The quantitative estimate of drug-likeness (QED) is 0.854. The average Bonchev–Trinajstić information content (AvgIpc) is 2.38. The highest BCUT2D eigenvalue weighted by molar-refractivity contribution is 7.89. The molecule has 0 radical (unpaired) electrons. The molecule has 1 amide bonds. The number of carbonyl (C=O) groups excluding carboxylic acids is 1. The van der Waals surface area contributed by atoms with Crippen LogP contribution in [0, 0.1) is 0 Å². The van der Waals surface area contributed by atoms with Crippen molar-refractivity contribution >= 4 is 15.9 Å². The number of carbonyl (C=O) groups is 1. The summed E-state index contributed by atoms with van der Waals surface area (Å²) in [4.78, 5) is 11.4. The fraction of sp³-hybridized carbons (Fsp3) is 0.462. The van der Waals surface area contributed by atoms with E-state index < -0.39 is 10.0 Å². The first kappa shape index (κ1) is 15.7. The Hall–Kier alpha value is -1.40. The maximum atomic E-state index is 11.8. The van der Waals surface area contributed by atoms with Crippen molar-refractivity contribution in [2.45, 2.75) is 19.9 Å². The molecule has 5 nitrogen and oxygen atoms in total. The van der Waals surface area contributed by atoms with E-state index in [1.807, 2.05) is 6.92 Å². The van der Waals surface area contributed by atoms with E-state index in [9.17, 15) is 13.2 Å². The summed E-state index contributed by atoms with van der Waals surface area (Å²) in [5.74, 6) is -0.00155. The third kappa shape index (κ3) is 4.33. The fourth-order valence-corrected chi connectivity index (χ4v) is 2.85. The van der Waals surface area contributed by atoms with E-state index in [1.54, 1.807) is 38.4 Å². The van der Waals surface area contributed by atoms with Crippen molar-refractivity contribution in [2.24, 2.45) is 0 Å². The van der Waals surface area contributed by atoms with E-state index >= 15 is 0 Å². The maximum absolute atomic E-state index is 11.8. The van der Waals surface area contributed by atoms with Crippen molar-refractivity contribution in [3.05, 3.63) is 35.4 Å². The smallest absolute Gasteiger partial charge is 0.251 e. The van der Waals surface area contributed by atoms with Gasteiger partial charge < -0.3 is 5.32 Å². The zero-order valence-electron chi connectivity index (χ0n) is 11.5. The Morgan fingerprint density at radius 3 is 2.32 bits per heavy atom. The minimum Gasteiger partial charge on any atom is -0.355 e. The van der Waals surface area contributed by atoms with E-state index in [1.165, 1.54) is 4.31 Å². The topological polar surface area (TPSA) is 66.5 Å². The van der Waals surface area contributed by atoms with Crippen molar-refractivity contribution in [3.63, 3.8) is 0 Å². The lowest BCUT2D eigenvalue weighted by Crippen LogP contribution is -2.28. The standard InChI is InChI=1S/C13H20N2O3S/c1-4-9-19(17,18)15(3)10-11-5-7-12(8-6-11)13(16)14-2/h5-8H,4,9-10H2,1-3H3,(H,14,16). The first-order valence-electron chi connectivity index (χ1n) is 6.15. The number of rotatable bonds is 6. The molecule has 0 aliphatic carbocycles. The molecule has 0 aromatic heterocycles. The number of benzene rings is 1. The van der Waals surface area contributed by atoms with Gasteiger partial charge in [-0.05, 0) is 24.1 Å². The molecule has 1 N–H and O–H groups in total. The Balaban J connectivity index is 2.76. The molecule has 19 heavy (non-hydrogen) atoms. The predicted molar refractivity (Wildman–Crippen MR) is 75.4 cm³/mol. The molecule has 0 aliphatic heterocycles. The Bertz CT molecular complexity index is 523. The second-order valence-electron chi connectivity index (χ2n) is 4.35. The molecule has 1 aromatic carbocycles. The van der Waals surface area contributed by atoms with Gasteiger partial charge >= 0.3 is 0 Å². The second-order valence-corrected chi connectivity index (χ2v) is 6.54. The van der Waals surface area contributed by atoms with E-state index in [0.29, 0.717) is 18.5 Å². The molecule has 0 saturated heterocycles. The van der Waals surface area contributed by atoms with Crippen LogP contribution in [0.5, 0.6) is 0 Å². The Labute approximate surface area is 114 Å². The molecule has 0 aliphatic rings. The molecular weight excluding hydrogens is 264 g/mol. The predicted octanol–water partition coefficient (Wildman–Crippen LogP) is 1.22. The van der Waals surface area contributed by atoms with E-state index in [2.05, 4.69) is 5.32 Å². The van der Waals surface area contributed by atoms with Gasteiger partial charge in [0.1, 0.15) is 0 Å². The maximum Gasteiger partial charge on any atom is 0.251 e. The zero-order valence-corrected chi connectivity index (χ0v) is 12.3. The first-order chi connectivity index (χ1) is 8.90. The van der Waals surface area contributed by atoms with Gasteiger partial charge in [0.15, 0.2) is 0 Å². The summed E-state index contributed by atoms with van der Waals surface area (Å²) in [6, 6.07) is 6.91. The van der Waals surface area contributed by atoms with Gasteiger partial charge in [-0.1, -0.05) is 19.1 Å². The fourth-order valence-electron chi connectivity index (χ4n) is 1.68. The van der Waals surface area contributed by atoms with Crippen LogP contribution in [0.2, 0.25) is 0 Å². The summed E-state index contributed by atoms with van der Waals surface area (Å²) >= 11 is 0. The molecule has 0 saturated carbocycles. The van der Waals surface area contributed by atoms with Gasteiger partial charge in [-0.15, -0.1) is 0 Å². The normalized spacial score (nSPS) is 11.6. The summed E-state index contributed by atoms with van der Waals surface area (Å²) in [7, 11) is -0.0477. The minimum absolute atomic E-state index is 0.153. The Morgan fingerprint density at radius 1 is 1.26 bits per heavy atom. The van der Waals surface area contributed by atoms with Crippen LogP contribution < -0.4 is 5.32 Å². The van der Waals surface area contributed by atoms with Crippen molar-refractivity contribution in [3.8, 4) is 0 Å².